The number of carbonyl (C=O) groups is 1. The minimum absolute atomic E-state index is 0.135. The Morgan fingerprint density at radius 3 is 2.07 bits per heavy atom. The summed E-state index contributed by atoms with van der Waals surface area (Å²) in [4.78, 5) is 11.2. The summed E-state index contributed by atoms with van der Waals surface area (Å²) in [5.74, 6) is 0.135. The Morgan fingerprint density at radius 1 is 1.13 bits per heavy atom. The van der Waals surface area contributed by atoms with Gasteiger partial charge in [0.15, 0.2) is 5.78 Å². The van der Waals surface area contributed by atoms with Crippen LogP contribution in [0.15, 0.2) is 36.4 Å². The Bertz CT molecular complexity index is 371. The Balaban J connectivity index is 3.20. The second-order valence-corrected chi connectivity index (χ2v) is 9.82. The van der Waals surface area contributed by atoms with Gasteiger partial charge in [-0.3, -0.25) is 4.79 Å². The lowest BCUT2D eigenvalue weighted by Gasteiger charge is -2.21. The quantitative estimate of drug-likeness (QED) is 0.560. The molecule has 1 nitrogen and oxygen atoms in total. The SMILES string of the molecule is CC(=O)/C=C(/c1ccccc1)[Si](C)(C)C. The largest absolute Gasteiger partial charge is 0.295 e. The van der Waals surface area contributed by atoms with Crippen molar-refractivity contribution < 1.29 is 4.79 Å². The van der Waals surface area contributed by atoms with Gasteiger partial charge in [-0.05, 0) is 23.8 Å². The van der Waals surface area contributed by atoms with E-state index in [0.717, 1.165) is 0 Å². The van der Waals surface area contributed by atoms with Crippen molar-refractivity contribution in [3.05, 3.63) is 42.0 Å². The van der Waals surface area contributed by atoms with E-state index in [-0.39, 0.29) is 5.78 Å². The third-order valence-corrected chi connectivity index (χ3v) is 4.29. The molecule has 0 aliphatic rings. The lowest BCUT2D eigenvalue weighted by atomic mass is 10.2. The molecule has 0 saturated heterocycles. The van der Waals surface area contributed by atoms with Gasteiger partial charge in [-0.15, -0.1) is 0 Å². The number of carbonyl (C=O) groups excluding carboxylic acids is 1. The van der Waals surface area contributed by atoms with Gasteiger partial charge in [0.25, 0.3) is 0 Å². The van der Waals surface area contributed by atoms with Crippen LogP contribution in [0.2, 0.25) is 19.6 Å². The van der Waals surface area contributed by atoms with Crippen molar-refractivity contribution in [3.63, 3.8) is 0 Å². The first-order valence-electron chi connectivity index (χ1n) is 5.19. The number of rotatable bonds is 3. The van der Waals surface area contributed by atoms with E-state index in [9.17, 15) is 4.79 Å². The third-order valence-electron chi connectivity index (χ3n) is 2.24. The van der Waals surface area contributed by atoms with E-state index in [1.54, 1.807) is 13.0 Å². The average Bonchev–Trinajstić information content (AvgIpc) is 2.14. The molecular weight excluding hydrogens is 200 g/mol. The molecule has 0 spiro atoms. The maximum absolute atomic E-state index is 11.2. The molecule has 0 atom stereocenters. The molecule has 0 aliphatic heterocycles. The van der Waals surface area contributed by atoms with E-state index in [1.807, 2.05) is 18.2 Å². The molecule has 0 amide bonds. The summed E-state index contributed by atoms with van der Waals surface area (Å²) < 4.78 is 0. The van der Waals surface area contributed by atoms with Crippen LogP contribution in [0.1, 0.15) is 12.5 Å². The predicted molar refractivity (Wildman–Crippen MR) is 68.4 cm³/mol. The van der Waals surface area contributed by atoms with Crippen molar-refractivity contribution in [2.24, 2.45) is 0 Å². The summed E-state index contributed by atoms with van der Waals surface area (Å²) in [6.07, 6.45) is 1.79. The molecule has 0 bridgehead atoms. The van der Waals surface area contributed by atoms with Crippen molar-refractivity contribution in [2.75, 3.05) is 0 Å². The molecule has 1 aromatic rings. The molecule has 0 aromatic heterocycles. The minimum Gasteiger partial charge on any atom is -0.295 e. The molecule has 0 unspecified atom stereocenters. The average molecular weight is 218 g/mol. The highest BCUT2D eigenvalue weighted by Crippen LogP contribution is 2.25. The van der Waals surface area contributed by atoms with E-state index in [0.29, 0.717) is 0 Å². The number of ketones is 1. The Morgan fingerprint density at radius 2 is 1.67 bits per heavy atom. The maximum atomic E-state index is 11.2. The maximum Gasteiger partial charge on any atom is 0.152 e. The molecule has 15 heavy (non-hydrogen) atoms. The second kappa shape index (κ2) is 4.58. The fraction of sp³-hybridized carbons (Fsp3) is 0.308. The molecule has 0 heterocycles. The first-order valence-corrected chi connectivity index (χ1v) is 8.69. The van der Waals surface area contributed by atoms with E-state index < -0.39 is 8.07 Å². The van der Waals surface area contributed by atoms with Crippen molar-refractivity contribution in [2.45, 2.75) is 26.6 Å². The predicted octanol–water partition coefficient (Wildman–Crippen LogP) is 3.54. The summed E-state index contributed by atoms with van der Waals surface area (Å²) >= 11 is 0. The van der Waals surface area contributed by atoms with Gasteiger partial charge in [0.2, 0.25) is 0 Å². The molecule has 0 radical (unpaired) electrons. The van der Waals surface area contributed by atoms with Crippen LogP contribution in [0.5, 0.6) is 0 Å². The van der Waals surface area contributed by atoms with Crippen molar-refractivity contribution >= 4 is 19.1 Å². The molecule has 1 aromatic carbocycles. The standard InChI is InChI=1S/C13H18OSi/c1-11(14)10-13(15(2,3)4)12-8-6-5-7-9-12/h5-10H,1-4H3/b13-10-. The Kier molecular flexibility index (Phi) is 3.64. The topological polar surface area (TPSA) is 17.1 Å². The van der Waals surface area contributed by atoms with Crippen LogP contribution in [0.3, 0.4) is 0 Å². The summed E-state index contributed by atoms with van der Waals surface area (Å²) in [6, 6.07) is 10.2. The normalized spacial score (nSPS) is 12.7. The lowest BCUT2D eigenvalue weighted by molar-refractivity contribution is -0.112. The molecule has 0 saturated carbocycles. The van der Waals surface area contributed by atoms with E-state index in [4.69, 9.17) is 0 Å². The monoisotopic (exact) mass is 218 g/mol. The van der Waals surface area contributed by atoms with Crippen LogP contribution in [-0.2, 0) is 4.79 Å². The van der Waals surface area contributed by atoms with Gasteiger partial charge >= 0.3 is 0 Å². The lowest BCUT2D eigenvalue weighted by Crippen LogP contribution is -2.23. The Labute approximate surface area is 92.8 Å². The van der Waals surface area contributed by atoms with Crippen LogP contribution in [0, 0.1) is 0 Å². The van der Waals surface area contributed by atoms with Gasteiger partial charge in [0.1, 0.15) is 0 Å². The fourth-order valence-corrected chi connectivity index (χ4v) is 3.22. The number of hydrogen-bond donors (Lipinski definition) is 0. The number of hydrogen-bond acceptors (Lipinski definition) is 1. The summed E-state index contributed by atoms with van der Waals surface area (Å²) in [6.45, 7) is 8.39. The zero-order chi connectivity index (χ0) is 11.5. The van der Waals surface area contributed by atoms with Crippen molar-refractivity contribution in [1.82, 2.24) is 0 Å². The first kappa shape index (κ1) is 11.9. The zero-order valence-electron chi connectivity index (χ0n) is 9.87. The van der Waals surface area contributed by atoms with Gasteiger partial charge in [-0.25, -0.2) is 0 Å². The highest BCUT2D eigenvalue weighted by molar-refractivity contribution is 6.94. The molecular formula is C13H18OSi. The smallest absolute Gasteiger partial charge is 0.152 e. The third kappa shape index (κ3) is 3.48. The van der Waals surface area contributed by atoms with Gasteiger partial charge < -0.3 is 0 Å². The summed E-state index contributed by atoms with van der Waals surface area (Å²) in [5.41, 5.74) is 1.19. The van der Waals surface area contributed by atoms with Gasteiger partial charge in [0, 0.05) is 0 Å². The van der Waals surface area contributed by atoms with Crippen molar-refractivity contribution in [1.29, 1.82) is 0 Å². The summed E-state index contributed by atoms with van der Waals surface area (Å²) in [7, 11) is -1.45. The van der Waals surface area contributed by atoms with Gasteiger partial charge in [0.05, 0.1) is 8.07 Å². The first-order chi connectivity index (χ1) is 6.91. The second-order valence-electron chi connectivity index (χ2n) is 4.78. The number of allylic oxidation sites excluding steroid dienone is 1. The van der Waals surface area contributed by atoms with E-state index in [1.165, 1.54) is 10.8 Å². The van der Waals surface area contributed by atoms with Crippen molar-refractivity contribution in [3.8, 4) is 0 Å². The molecule has 0 aliphatic carbocycles. The zero-order valence-corrected chi connectivity index (χ0v) is 10.9. The van der Waals surface area contributed by atoms with Gasteiger partial charge in [-0.1, -0.05) is 50.0 Å². The highest BCUT2D eigenvalue weighted by Gasteiger charge is 2.21. The number of benzene rings is 1. The summed E-state index contributed by atoms with van der Waals surface area (Å²) in [5, 5.41) is 1.23. The van der Waals surface area contributed by atoms with E-state index >= 15 is 0 Å². The molecule has 1 rings (SSSR count). The van der Waals surface area contributed by atoms with Crippen LogP contribution < -0.4 is 0 Å². The van der Waals surface area contributed by atoms with Gasteiger partial charge in [-0.2, -0.15) is 0 Å². The molecule has 0 fully saturated rings. The fourth-order valence-electron chi connectivity index (χ4n) is 1.55. The minimum atomic E-state index is -1.45. The van der Waals surface area contributed by atoms with Crippen LogP contribution >= 0.6 is 0 Å². The Hall–Kier alpha value is -1.15. The van der Waals surface area contributed by atoms with Crippen LogP contribution in [0.4, 0.5) is 0 Å². The molecule has 0 N–H and O–H groups in total. The van der Waals surface area contributed by atoms with E-state index in [2.05, 4.69) is 31.8 Å². The van der Waals surface area contributed by atoms with Crippen LogP contribution in [0.25, 0.3) is 5.20 Å². The highest BCUT2D eigenvalue weighted by atomic mass is 28.3. The molecule has 80 valence electrons. The van der Waals surface area contributed by atoms with Crippen LogP contribution in [-0.4, -0.2) is 13.9 Å². The molecule has 2 heteroatoms.